The van der Waals surface area contributed by atoms with Crippen molar-refractivity contribution in [1.29, 1.82) is 0 Å². The second-order valence-corrected chi connectivity index (χ2v) is 40.2. The molecular formula is C139H88N6O2. The van der Waals surface area contributed by atoms with Crippen molar-refractivity contribution in [2.24, 2.45) is 0 Å². The van der Waals surface area contributed by atoms with Gasteiger partial charge >= 0.3 is 0 Å². The van der Waals surface area contributed by atoms with Gasteiger partial charge in [0.1, 0.15) is 22.3 Å². The normalized spacial score (nSPS) is 12.6. The van der Waals surface area contributed by atoms with Gasteiger partial charge in [-0.3, -0.25) is 0 Å². The second kappa shape index (κ2) is 31.9. The maximum atomic E-state index is 6.32. The van der Waals surface area contributed by atoms with Gasteiger partial charge in [0.25, 0.3) is 0 Å². The van der Waals surface area contributed by atoms with Crippen molar-refractivity contribution in [2.75, 3.05) is 0 Å². The fourth-order valence-corrected chi connectivity index (χ4v) is 24.9. The summed E-state index contributed by atoms with van der Waals surface area (Å²) < 4.78 is 27.0. The Morgan fingerprint density at radius 1 is 0.143 bits per heavy atom. The van der Waals surface area contributed by atoms with Crippen LogP contribution >= 0.6 is 0 Å². The van der Waals surface area contributed by atoms with Gasteiger partial charge in [-0.1, -0.05) is 281 Å². The number of furan rings is 2. The largest absolute Gasteiger partial charge is 0.456 e. The van der Waals surface area contributed by atoms with E-state index in [0.717, 1.165) is 83.3 Å². The Morgan fingerprint density at radius 2 is 0.381 bits per heavy atom. The molecule has 0 atom stereocenters. The molecule has 32 rings (SSSR count). The highest BCUT2D eigenvalue weighted by atomic mass is 16.3. The first-order valence-corrected chi connectivity index (χ1v) is 50.7. The zero-order valence-electron chi connectivity index (χ0n) is 80.3. The SMILES string of the molecule is CC1(C)c2ccccc2-c2ccc(-n3c4ccccc4c4cc(-c5ccc6c(c5)c5cc(-c7ccc8c(c7)c7ccccc7n8-c7ccccc7)ccc5n6-c5ccc6oc7ccccc7c6c5)ccc43)cc21.c1ccc(-n2c3ccccc3c3cc(-c4ccc5c(c4)c4cc(-c6ccc7c(c6)c6ccccc6n7-c6ccccc6)ccc4n5-c4ccc5cc(-c6ccc7oc8ccccc8c7c6)ccc5c4)ccc32)cc1. The molecule has 0 saturated heterocycles. The maximum Gasteiger partial charge on any atom is 0.135 e. The Labute approximate surface area is 844 Å². The van der Waals surface area contributed by atoms with E-state index in [4.69, 9.17) is 8.83 Å². The van der Waals surface area contributed by atoms with Crippen molar-refractivity contribution in [3.05, 3.63) is 509 Å². The third kappa shape index (κ3) is 12.7. The summed E-state index contributed by atoms with van der Waals surface area (Å²) in [7, 11) is 0. The molecule has 1 aliphatic rings. The molecule has 1 aliphatic carbocycles. The van der Waals surface area contributed by atoms with Crippen LogP contribution in [0.2, 0.25) is 0 Å². The predicted molar refractivity (Wildman–Crippen MR) is 616 cm³/mol. The van der Waals surface area contributed by atoms with Gasteiger partial charge in [0.05, 0.1) is 66.2 Å². The molecule has 0 aliphatic heterocycles. The van der Waals surface area contributed by atoms with Gasteiger partial charge in [-0.05, 0) is 319 Å². The van der Waals surface area contributed by atoms with Crippen LogP contribution in [0.5, 0.6) is 0 Å². The third-order valence-electron chi connectivity index (χ3n) is 31.8. The third-order valence-corrected chi connectivity index (χ3v) is 31.8. The molecule has 8 heterocycles. The lowest BCUT2D eigenvalue weighted by molar-refractivity contribution is 0.660. The molecule has 8 heteroatoms. The standard InChI is InChI=1S/C70H43N3O.C69H45N3O/c1-3-13-52(14-4-1)71-63-20-10-7-17-55(63)58-39-47(26-32-65(58)71)49-28-34-67-60(41-49)61-42-50(48-27-33-66-59(40-48)56-18-8-11-21-64(56)72(66)53-15-5-2-6-16-53)29-35-68(61)73(67)54-31-25-45-37-44(23-24-46(45)38-54)51-30-36-70-62(43-51)57-19-9-12-22-69(57)74-70;1-69(2)59-20-10-6-16-49(59)50-30-28-48(41-60(50)69)72-62-22-12-8-18-52(62)55-37-43(25-32-64(55)72)45-27-34-66-57(39-45)56-38-44(26-33-65(56)71(66)47-29-35-68-58(40-47)53-19-9-13-23-67(53)73-68)42-24-31-63-54(36-42)51-17-7-11-21-61(51)70(63)46-14-4-3-5-15-46/h1-43H;3-41H,1-2H3. The monoisotopic (exact) mass is 1870 g/mol. The Bertz CT molecular complexity index is 10800. The lowest BCUT2D eigenvalue weighted by atomic mass is 9.82. The minimum absolute atomic E-state index is 0.0887. The first-order valence-electron chi connectivity index (χ1n) is 50.7. The zero-order valence-corrected chi connectivity index (χ0v) is 80.3. The van der Waals surface area contributed by atoms with E-state index in [1.807, 2.05) is 18.2 Å². The van der Waals surface area contributed by atoms with E-state index in [2.05, 4.69) is 520 Å². The molecule has 0 amide bonds. The summed E-state index contributed by atoms with van der Waals surface area (Å²) in [6, 6.07) is 183. The molecule has 0 unspecified atom stereocenters. The molecule has 0 bridgehead atoms. The summed E-state index contributed by atoms with van der Waals surface area (Å²) in [5, 5.41) is 21.7. The van der Waals surface area contributed by atoms with Gasteiger partial charge in [0.15, 0.2) is 0 Å². The molecule has 0 saturated carbocycles. The highest BCUT2D eigenvalue weighted by Gasteiger charge is 2.36. The summed E-state index contributed by atoms with van der Waals surface area (Å²) in [6.07, 6.45) is 0. The van der Waals surface area contributed by atoms with E-state index < -0.39 is 0 Å². The van der Waals surface area contributed by atoms with Crippen LogP contribution in [0.4, 0.5) is 0 Å². The summed E-state index contributed by atoms with van der Waals surface area (Å²) >= 11 is 0. The van der Waals surface area contributed by atoms with Crippen molar-refractivity contribution in [2.45, 2.75) is 19.3 Å². The number of fused-ring (bicyclic) bond motifs is 28. The molecule has 31 aromatic rings. The maximum absolute atomic E-state index is 6.32. The van der Waals surface area contributed by atoms with Crippen LogP contribution in [0.25, 0.3) is 286 Å². The van der Waals surface area contributed by atoms with Crippen molar-refractivity contribution in [3.8, 4) is 101 Å². The highest BCUT2D eigenvalue weighted by Crippen LogP contribution is 2.52. The van der Waals surface area contributed by atoms with Gasteiger partial charge in [-0.15, -0.1) is 0 Å². The average molecular weight is 1870 g/mol. The van der Waals surface area contributed by atoms with E-state index >= 15 is 0 Å². The molecule has 0 radical (unpaired) electrons. The van der Waals surface area contributed by atoms with Gasteiger partial charge in [0, 0.05) is 126 Å². The van der Waals surface area contributed by atoms with Gasteiger partial charge in [0.2, 0.25) is 0 Å². The van der Waals surface area contributed by atoms with Crippen LogP contribution in [0.3, 0.4) is 0 Å². The first-order chi connectivity index (χ1) is 72.6. The number of rotatable bonds is 11. The van der Waals surface area contributed by atoms with Crippen LogP contribution < -0.4 is 0 Å². The van der Waals surface area contributed by atoms with Crippen LogP contribution in [0, 0.1) is 0 Å². The lowest BCUT2D eigenvalue weighted by Gasteiger charge is -2.22. The zero-order chi connectivity index (χ0) is 96.5. The number of benzene rings is 23. The quantitative estimate of drug-likeness (QED) is 0.130. The fourth-order valence-electron chi connectivity index (χ4n) is 24.9. The lowest BCUT2D eigenvalue weighted by Crippen LogP contribution is -2.15. The smallest absolute Gasteiger partial charge is 0.135 e. The number of para-hydroxylation sites is 9. The number of aromatic nitrogens is 6. The number of hydrogen-bond acceptors (Lipinski definition) is 2. The van der Waals surface area contributed by atoms with E-state index in [0.29, 0.717) is 0 Å². The molecule has 8 aromatic heterocycles. The Kier molecular flexibility index (Phi) is 17.9. The van der Waals surface area contributed by atoms with Crippen molar-refractivity contribution < 1.29 is 8.83 Å². The van der Waals surface area contributed by atoms with Crippen molar-refractivity contribution >= 4 is 185 Å². The van der Waals surface area contributed by atoms with Gasteiger partial charge in [-0.25, -0.2) is 0 Å². The Balaban J connectivity index is 0.000000133. The number of nitrogens with zero attached hydrogens (tertiary/aromatic N) is 6. The molecular weight excluding hydrogens is 1790 g/mol. The number of hydrogen-bond donors (Lipinski definition) is 0. The minimum Gasteiger partial charge on any atom is -0.456 e. The van der Waals surface area contributed by atoms with Crippen LogP contribution in [0.1, 0.15) is 25.0 Å². The highest BCUT2D eigenvalue weighted by molar-refractivity contribution is 6.20. The molecule has 686 valence electrons. The summed E-state index contributed by atoms with van der Waals surface area (Å²) in [5.41, 5.74) is 42.0. The molecule has 23 aromatic carbocycles. The van der Waals surface area contributed by atoms with Crippen LogP contribution in [-0.2, 0) is 5.41 Å². The van der Waals surface area contributed by atoms with Gasteiger partial charge in [-0.2, -0.15) is 0 Å². The molecule has 0 spiro atoms. The fraction of sp³-hybridized carbons (Fsp3) is 0.0216. The average Bonchev–Trinajstić information content (AvgIpc) is 1.50. The van der Waals surface area contributed by atoms with E-state index in [1.54, 1.807) is 0 Å². The summed E-state index contributed by atoms with van der Waals surface area (Å²) in [4.78, 5) is 0. The van der Waals surface area contributed by atoms with Crippen LogP contribution in [-0.4, -0.2) is 27.4 Å². The van der Waals surface area contributed by atoms with Crippen LogP contribution in [0.15, 0.2) is 506 Å². The predicted octanol–water partition coefficient (Wildman–Crippen LogP) is 37.5. The molecule has 147 heavy (non-hydrogen) atoms. The Hall–Kier alpha value is -19.3. The minimum atomic E-state index is -0.0887. The summed E-state index contributed by atoms with van der Waals surface area (Å²) in [5.74, 6) is 0. The molecule has 0 fully saturated rings. The van der Waals surface area contributed by atoms with E-state index in [9.17, 15) is 0 Å². The summed E-state index contributed by atoms with van der Waals surface area (Å²) in [6.45, 7) is 4.72. The van der Waals surface area contributed by atoms with E-state index in [1.165, 1.54) is 214 Å². The Morgan fingerprint density at radius 3 is 0.776 bits per heavy atom. The van der Waals surface area contributed by atoms with Crippen molar-refractivity contribution in [1.82, 2.24) is 27.4 Å². The molecule has 8 nitrogen and oxygen atoms in total. The van der Waals surface area contributed by atoms with Crippen molar-refractivity contribution in [3.63, 3.8) is 0 Å². The van der Waals surface area contributed by atoms with Gasteiger partial charge < -0.3 is 36.2 Å². The topological polar surface area (TPSA) is 55.9 Å². The molecule has 0 N–H and O–H groups in total. The first kappa shape index (κ1) is 82.4. The second-order valence-electron chi connectivity index (χ2n) is 40.2. The van der Waals surface area contributed by atoms with E-state index in [-0.39, 0.29) is 5.41 Å².